The zero-order chi connectivity index (χ0) is 12.0. The van der Waals surface area contributed by atoms with Gasteiger partial charge in [-0.25, -0.2) is 9.79 Å². The molecule has 0 fully saturated rings. The molecule has 0 saturated heterocycles. The number of rotatable bonds is 5. The number of hydrogen-bond acceptors (Lipinski definition) is 3. The summed E-state index contributed by atoms with van der Waals surface area (Å²) in [5.41, 5.74) is 0.925. The highest BCUT2D eigenvalue weighted by Crippen LogP contribution is 2.31. The van der Waals surface area contributed by atoms with E-state index < -0.39 is 0 Å². The van der Waals surface area contributed by atoms with Gasteiger partial charge in [0.2, 0.25) is 6.08 Å². The first-order valence-electron chi connectivity index (χ1n) is 4.74. The fourth-order valence-corrected chi connectivity index (χ4v) is 1.82. The van der Waals surface area contributed by atoms with Gasteiger partial charge in [-0.05, 0) is 24.5 Å². The van der Waals surface area contributed by atoms with Crippen LogP contribution in [0.1, 0.15) is 12.0 Å². The quantitative estimate of drug-likeness (QED) is 0.463. The number of hydrogen-bond donors (Lipinski definition) is 0. The van der Waals surface area contributed by atoms with Gasteiger partial charge >= 0.3 is 0 Å². The predicted octanol–water partition coefficient (Wildman–Crippen LogP) is 3.27. The van der Waals surface area contributed by atoms with Crippen molar-refractivity contribution in [1.29, 1.82) is 0 Å². The van der Waals surface area contributed by atoms with Gasteiger partial charge in [-0.15, -0.1) is 0 Å². The van der Waals surface area contributed by atoms with E-state index in [0.29, 0.717) is 28.8 Å². The second kappa shape index (κ2) is 6.54. The van der Waals surface area contributed by atoms with Crippen molar-refractivity contribution in [2.75, 3.05) is 13.7 Å². The van der Waals surface area contributed by atoms with Crippen LogP contribution in [0.5, 0.6) is 5.75 Å². The summed E-state index contributed by atoms with van der Waals surface area (Å²) < 4.78 is 5.04. The molecule has 0 aliphatic rings. The van der Waals surface area contributed by atoms with Crippen molar-refractivity contribution in [3.8, 4) is 5.75 Å². The molecule has 0 N–H and O–H groups in total. The van der Waals surface area contributed by atoms with Crippen molar-refractivity contribution in [1.82, 2.24) is 0 Å². The average molecular weight is 260 g/mol. The lowest BCUT2D eigenvalue weighted by molar-refractivity contribution is 0.415. The standard InChI is InChI=1S/C11H11Cl2NO2/c1-16-11-6-9(12)8(5-10(11)13)3-2-4-14-7-15/h5-6H,2-4H2,1H3. The molecule has 1 aromatic carbocycles. The molecule has 0 saturated carbocycles. The SMILES string of the molecule is COc1cc(Cl)c(CCCN=C=O)cc1Cl. The number of halogens is 2. The maximum atomic E-state index is 9.87. The zero-order valence-corrected chi connectivity index (χ0v) is 10.3. The Balaban J connectivity index is 2.73. The summed E-state index contributed by atoms with van der Waals surface area (Å²) in [7, 11) is 1.54. The summed E-state index contributed by atoms with van der Waals surface area (Å²) in [5, 5.41) is 1.14. The van der Waals surface area contributed by atoms with Gasteiger partial charge in [-0.1, -0.05) is 23.2 Å². The number of isocyanates is 1. The van der Waals surface area contributed by atoms with Crippen LogP contribution in [0.15, 0.2) is 17.1 Å². The molecule has 0 bridgehead atoms. The van der Waals surface area contributed by atoms with Gasteiger partial charge in [0.25, 0.3) is 0 Å². The van der Waals surface area contributed by atoms with Crippen LogP contribution in [0.2, 0.25) is 10.0 Å². The average Bonchev–Trinajstić information content (AvgIpc) is 2.28. The third kappa shape index (κ3) is 3.53. The van der Waals surface area contributed by atoms with Crippen LogP contribution in [0.3, 0.4) is 0 Å². The maximum Gasteiger partial charge on any atom is 0.234 e. The van der Waals surface area contributed by atoms with Gasteiger partial charge in [-0.3, -0.25) is 0 Å². The van der Waals surface area contributed by atoms with E-state index in [-0.39, 0.29) is 0 Å². The highest BCUT2D eigenvalue weighted by atomic mass is 35.5. The lowest BCUT2D eigenvalue weighted by atomic mass is 10.1. The Bertz CT molecular complexity index is 415. The molecule has 1 aromatic rings. The summed E-state index contributed by atoms with van der Waals surface area (Å²) in [6.07, 6.45) is 2.94. The van der Waals surface area contributed by atoms with Crippen LogP contribution in [0, 0.1) is 0 Å². The van der Waals surface area contributed by atoms with Gasteiger partial charge in [0, 0.05) is 11.1 Å². The van der Waals surface area contributed by atoms with Crippen LogP contribution < -0.4 is 4.74 Å². The summed E-state index contributed by atoms with van der Waals surface area (Å²) in [4.78, 5) is 13.3. The third-order valence-electron chi connectivity index (χ3n) is 2.10. The number of nitrogens with zero attached hydrogens (tertiary/aromatic N) is 1. The topological polar surface area (TPSA) is 38.7 Å². The summed E-state index contributed by atoms with van der Waals surface area (Å²) in [5.74, 6) is 0.557. The van der Waals surface area contributed by atoms with E-state index in [1.165, 1.54) is 13.2 Å². The smallest absolute Gasteiger partial charge is 0.234 e. The molecular formula is C11H11Cl2NO2. The minimum atomic E-state index is 0.448. The number of aryl methyl sites for hydroxylation is 1. The highest BCUT2D eigenvalue weighted by molar-refractivity contribution is 6.34. The van der Waals surface area contributed by atoms with Crippen LogP contribution in [-0.2, 0) is 11.2 Å². The molecule has 0 radical (unpaired) electrons. The van der Waals surface area contributed by atoms with Crippen molar-refractivity contribution in [2.24, 2.45) is 4.99 Å². The number of aliphatic imine (C=N–C) groups is 1. The number of benzene rings is 1. The van der Waals surface area contributed by atoms with Crippen molar-refractivity contribution in [3.63, 3.8) is 0 Å². The Morgan fingerprint density at radius 1 is 1.38 bits per heavy atom. The Labute approximate surface area is 104 Å². The van der Waals surface area contributed by atoms with E-state index in [1.807, 2.05) is 0 Å². The number of ether oxygens (including phenoxy) is 1. The molecule has 0 aliphatic carbocycles. The van der Waals surface area contributed by atoms with Crippen LogP contribution in [0.25, 0.3) is 0 Å². The van der Waals surface area contributed by atoms with Gasteiger partial charge in [0.05, 0.1) is 18.7 Å². The minimum absolute atomic E-state index is 0.448. The van der Waals surface area contributed by atoms with Crippen LogP contribution in [-0.4, -0.2) is 19.7 Å². The van der Waals surface area contributed by atoms with E-state index in [1.54, 1.807) is 12.1 Å². The normalized spacial score (nSPS) is 9.69. The Morgan fingerprint density at radius 2 is 2.12 bits per heavy atom. The van der Waals surface area contributed by atoms with Gasteiger partial charge < -0.3 is 4.74 Å². The highest BCUT2D eigenvalue weighted by Gasteiger charge is 2.07. The molecule has 0 aliphatic heterocycles. The van der Waals surface area contributed by atoms with Crippen molar-refractivity contribution < 1.29 is 9.53 Å². The fourth-order valence-electron chi connectivity index (χ4n) is 1.31. The summed E-state index contributed by atoms with van der Waals surface area (Å²) in [6.45, 7) is 0.448. The molecule has 0 amide bonds. The lowest BCUT2D eigenvalue weighted by Gasteiger charge is -2.08. The minimum Gasteiger partial charge on any atom is -0.495 e. The molecular weight excluding hydrogens is 249 g/mol. The van der Waals surface area contributed by atoms with Gasteiger partial charge in [0.1, 0.15) is 5.75 Å². The van der Waals surface area contributed by atoms with E-state index in [2.05, 4.69) is 4.99 Å². The van der Waals surface area contributed by atoms with Crippen molar-refractivity contribution >= 4 is 29.3 Å². The Kier molecular flexibility index (Phi) is 5.33. The monoisotopic (exact) mass is 259 g/mol. The predicted molar refractivity (Wildman–Crippen MR) is 64.3 cm³/mol. The van der Waals surface area contributed by atoms with Crippen LogP contribution in [0.4, 0.5) is 0 Å². The Hall–Kier alpha value is -1.02. The first kappa shape index (κ1) is 13.0. The molecule has 0 unspecified atom stereocenters. The molecule has 0 atom stereocenters. The second-order valence-electron chi connectivity index (χ2n) is 3.15. The summed E-state index contributed by atoms with van der Waals surface area (Å²) >= 11 is 12.0. The first-order valence-corrected chi connectivity index (χ1v) is 5.50. The third-order valence-corrected chi connectivity index (χ3v) is 2.75. The molecule has 3 nitrogen and oxygen atoms in total. The molecule has 16 heavy (non-hydrogen) atoms. The molecule has 86 valence electrons. The molecule has 5 heteroatoms. The largest absolute Gasteiger partial charge is 0.495 e. The molecule has 0 aromatic heterocycles. The van der Waals surface area contributed by atoms with E-state index in [9.17, 15) is 4.79 Å². The Morgan fingerprint density at radius 3 is 2.75 bits per heavy atom. The fraction of sp³-hybridized carbons (Fsp3) is 0.364. The lowest BCUT2D eigenvalue weighted by Crippen LogP contribution is -1.92. The van der Waals surface area contributed by atoms with Crippen LogP contribution >= 0.6 is 23.2 Å². The molecule has 1 rings (SSSR count). The van der Waals surface area contributed by atoms with E-state index >= 15 is 0 Å². The zero-order valence-electron chi connectivity index (χ0n) is 8.80. The first-order chi connectivity index (χ1) is 7.69. The summed E-state index contributed by atoms with van der Waals surface area (Å²) in [6, 6.07) is 3.45. The van der Waals surface area contributed by atoms with Crippen molar-refractivity contribution in [3.05, 3.63) is 27.7 Å². The van der Waals surface area contributed by atoms with E-state index in [4.69, 9.17) is 27.9 Å². The van der Waals surface area contributed by atoms with Gasteiger partial charge in [-0.2, -0.15) is 0 Å². The number of carbonyl (C=O) groups excluding carboxylic acids is 1. The van der Waals surface area contributed by atoms with Gasteiger partial charge in [0.15, 0.2) is 0 Å². The second-order valence-corrected chi connectivity index (χ2v) is 3.97. The molecule has 0 heterocycles. The van der Waals surface area contributed by atoms with E-state index in [0.717, 1.165) is 12.0 Å². The van der Waals surface area contributed by atoms with Crippen molar-refractivity contribution in [2.45, 2.75) is 12.8 Å². The number of methoxy groups -OCH3 is 1. The maximum absolute atomic E-state index is 9.87. The molecule has 0 spiro atoms.